The second-order valence-electron chi connectivity index (χ2n) is 3.34. The van der Waals surface area contributed by atoms with E-state index < -0.39 is 0 Å². The molecular weight excluding hydrogens is 154 g/mol. The fraction of sp³-hybridized carbons (Fsp3) is 0.556. The number of hydrogen-bond acceptors (Lipinski definition) is 2. The van der Waals surface area contributed by atoms with Gasteiger partial charge in [0.1, 0.15) is 0 Å². The van der Waals surface area contributed by atoms with E-state index >= 15 is 0 Å². The Hall–Kier alpha value is -0.340. The van der Waals surface area contributed by atoms with E-state index in [2.05, 4.69) is 29.2 Å². The lowest BCUT2D eigenvalue weighted by Gasteiger charge is -2.11. The average molecular weight is 167 g/mol. The minimum atomic E-state index is 0.473. The molecule has 1 saturated carbocycles. The number of thiophene rings is 1. The van der Waals surface area contributed by atoms with E-state index in [1.807, 2.05) is 0 Å². The van der Waals surface area contributed by atoms with Crippen LogP contribution in [0.15, 0.2) is 16.8 Å². The van der Waals surface area contributed by atoms with Crippen molar-refractivity contribution in [2.24, 2.45) is 0 Å². The Morgan fingerprint density at radius 2 is 2.45 bits per heavy atom. The topological polar surface area (TPSA) is 12.0 Å². The lowest BCUT2D eigenvalue weighted by molar-refractivity contribution is 0.549. The summed E-state index contributed by atoms with van der Waals surface area (Å²) in [6, 6.07) is 2.22. The SMILES string of the molecule is CNC1(Cc2ccsc2)CC1. The first-order chi connectivity index (χ1) is 5.35. The van der Waals surface area contributed by atoms with Gasteiger partial charge in [0.2, 0.25) is 0 Å². The van der Waals surface area contributed by atoms with Gasteiger partial charge < -0.3 is 5.32 Å². The molecule has 1 N–H and O–H groups in total. The molecule has 1 aromatic heterocycles. The van der Waals surface area contributed by atoms with Gasteiger partial charge in [-0.1, -0.05) is 0 Å². The van der Waals surface area contributed by atoms with Gasteiger partial charge in [-0.2, -0.15) is 11.3 Å². The zero-order valence-corrected chi connectivity index (χ0v) is 7.58. The monoisotopic (exact) mass is 167 g/mol. The molecule has 0 aromatic carbocycles. The van der Waals surface area contributed by atoms with Crippen molar-refractivity contribution >= 4 is 11.3 Å². The highest BCUT2D eigenvalue weighted by Gasteiger charge is 2.40. The Kier molecular flexibility index (Phi) is 1.74. The van der Waals surface area contributed by atoms with E-state index in [1.54, 1.807) is 11.3 Å². The van der Waals surface area contributed by atoms with Crippen molar-refractivity contribution in [2.45, 2.75) is 24.8 Å². The van der Waals surface area contributed by atoms with Gasteiger partial charge in [0.15, 0.2) is 0 Å². The van der Waals surface area contributed by atoms with Gasteiger partial charge in [0, 0.05) is 5.54 Å². The smallest absolute Gasteiger partial charge is 0.0220 e. The van der Waals surface area contributed by atoms with Crippen molar-refractivity contribution in [3.63, 3.8) is 0 Å². The summed E-state index contributed by atoms with van der Waals surface area (Å²) in [5, 5.41) is 7.80. The van der Waals surface area contributed by atoms with E-state index in [4.69, 9.17) is 0 Å². The highest BCUT2D eigenvalue weighted by molar-refractivity contribution is 7.07. The van der Waals surface area contributed by atoms with Crippen LogP contribution in [0.1, 0.15) is 18.4 Å². The van der Waals surface area contributed by atoms with Crippen LogP contribution in [-0.4, -0.2) is 12.6 Å². The number of likely N-dealkylation sites (N-methyl/N-ethyl adjacent to an activating group) is 1. The standard InChI is InChI=1S/C9H13NS/c1-10-9(3-4-9)6-8-2-5-11-7-8/h2,5,7,10H,3-4,6H2,1H3. The van der Waals surface area contributed by atoms with E-state index in [0.29, 0.717) is 5.54 Å². The third-order valence-electron chi connectivity index (χ3n) is 2.51. The summed E-state index contributed by atoms with van der Waals surface area (Å²) in [5.74, 6) is 0. The first-order valence-electron chi connectivity index (χ1n) is 4.05. The predicted molar refractivity (Wildman–Crippen MR) is 49.0 cm³/mol. The summed E-state index contributed by atoms with van der Waals surface area (Å²) >= 11 is 1.79. The van der Waals surface area contributed by atoms with Crippen molar-refractivity contribution in [3.8, 4) is 0 Å². The predicted octanol–water partition coefficient (Wildman–Crippen LogP) is 2.04. The summed E-state index contributed by atoms with van der Waals surface area (Å²) in [7, 11) is 2.07. The highest BCUT2D eigenvalue weighted by atomic mass is 32.1. The van der Waals surface area contributed by atoms with E-state index in [1.165, 1.54) is 24.8 Å². The number of hydrogen-bond donors (Lipinski definition) is 1. The summed E-state index contributed by atoms with van der Waals surface area (Å²) in [5.41, 5.74) is 1.96. The van der Waals surface area contributed by atoms with Crippen LogP contribution >= 0.6 is 11.3 Å². The fourth-order valence-corrected chi connectivity index (χ4v) is 2.12. The molecule has 2 rings (SSSR count). The van der Waals surface area contributed by atoms with Crippen molar-refractivity contribution < 1.29 is 0 Å². The van der Waals surface area contributed by atoms with Gasteiger partial charge in [-0.25, -0.2) is 0 Å². The van der Waals surface area contributed by atoms with E-state index in [0.717, 1.165) is 0 Å². The van der Waals surface area contributed by atoms with Gasteiger partial charge in [-0.15, -0.1) is 0 Å². The lowest BCUT2D eigenvalue weighted by atomic mass is 10.1. The molecule has 60 valence electrons. The minimum absolute atomic E-state index is 0.473. The molecule has 11 heavy (non-hydrogen) atoms. The van der Waals surface area contributed by atoms with Gasteiger partial charge in [0.05, 0.1) is 0 Å². The number of nitrogens with one attached hydrogen (secondary N) is 1. The summed E-state index contributed by atoms with van der Waals surface area (Å²) < 4.78 is 0. The molecule has 1 heterocycles. The quantitative estimate of drug-likeness (QED) is 0.726. The molecule has 1 aliphatic rings. The van der Waals surface area contributed by atoms with Crippen LogP contribution in [0.5, 0.6) is 0 Å². The van der Waals surface area contributed by atoms with Crippen LogP contribution in [0, 0.1) is 0 Å². The molecule has 1 aromatic rings. The maximum Gasteiger partial charge on any atom is 0.0220 e. The summed E-state index contributed by atoms with van der Waals surface area (Å²) in [6.07, 6.45) is 3.91. The zero-order valence-electron chi connectivity index (χ0n) is 6.76. The van der Waals surface area contributed by atoms with Gasteiger partial charge in [-0.05, 0) is 48.7 Å². The molecule has 0 unspecified atom stereocenters. The second-order valence-corrected chi connectivity index (χ2v) is 4.12. The molecule has 0 spiro atoms. The van der Waals surface area contributed by atoms with Crippen LogP contribution < -0.4 is 5.32 Å². The third-order valence-corrected chi connectivity index (χ3v) is 3.24. The van der Waals surface area contributed by atoms with E-state index in [9.17, 15) is 0 Å². The fourth-order valence-electron chi connectivity index (χ4n) is 1.45. The maximum atomic E-state index is 3.40. The second kappa shape index (κ2) is 2.61. The first-order valence-corrected chi connectivity index (χ1v) is 4.99. The van der Waals surface area contributed by atoms with Crippen molar-refractivity contribution in [3.05, 3.63) is 22.4 Å². The number of rotatable bonds is 3. The van der Waals surface area contributed by atoms with Gasteiger partial charge in [-0.3, -0.25) is 0 Å². The molecule has 0 saturated heterocycles. The Bertz CT molecular complexity index is 224. The molecule has 0 amide bonds. The van der Waals surface area contributed by atoms with Crippen LogP contribution in [0.3, 0.4) is 0 Å². The molecule has 0 atom stereocenters. The van der Waals surface area contributed by atoms with Crippen LogP contribution in [0.4, 0.5) is 0 Å². The van der Waals surface area contributed by atoms with Crippen LogP contribution in [0.2, 0.25) is 0 Å². The largest absolute Gasteiger partial charge is 0.314 e. The first kappa shape index (κ1) is 7.32. The molecular formula is C9H13NS. The van der Waals surface area contributed by atoms with Crippen molar-refractivity contribution in [1.29, 1.82) is 0 Å². The Labute approximate surface area is 71.4 Å². The highest BCUT2D eigenvalue weighted by Crippen LogP contribution is 2.38. The maximum absolute atomic E-state index is 3.40. The third kappa shape index (κ3) is 1.47. The van der Waals surface area contributed by atoms with Crippen LogP contribution in [-0.2, 0) is 6.42 Å². The van der Waals surface area contributed by atoms with Crippen molar-refractivity contribution in [1.82, 2.24) is 5.32 Å². The van der Waals surface area contributed by atoms with Gasteiger partial charge in [0.25, 0.3) is 0 Å². The van der Waals surface area contributed by atoms with Gasteiger partial charge >= 0.3 is 0 Å². The molecule has 2 heteroatoms. The Morgan fingerprint density at radius 3 is 2.91 bits per heavy atom. The van der Waals surface area contributed by atoms with Crippen molar-refractivity contribution in [2.75, 3.05) is 7.05 Å². The summed E-state index contributed by atoms with van der Waals surface area (Å²) in [4.78, 5) is 0. The summed E-state index contributed by atoms with van der Waals surface area (Å²) in [6.45, 7) is 0. The zero-order chi connectivity index (χ0) is 7.73. The molecule has 1 aliphatic carbocycles. The Balaban J connectivity index is 2.01. The molecule has 0 bridgehead atoms. The molecule has 0 radical (unpaired) electrons. The minimum Gasteiger partial charge on any atom is -0.314 e. The van der Waals surface area contributed by atoms with Crippen LogP contribution in [0.25, 0.3) is 0 Å². The molecule has 1 nitrogen and oxygen atoms in total. The molecule has 0 aliphatic heterocycles. The average Bonchev–Trinajstić information content (AvgIpc) is 2.59. The Morgan fingerprint density at radius 1 is 1.64 bits per heavy atom. The lowest BCUT2D eigenvalue weighted by Crippen LogP contribution is -2.29. The molecule has 1 fully saturated rings. The normalized spacial score (nSPS) is 20.1. The van der Waals surface area contributed by atoms with E-state index in [-0.39, 0.29) is 0 Å².